The minimum Gasteiger partial charge on any atom is -0.366 e. The molecule has 2 heterocycles. The molecular formula is C24H21N5O. The smallest absolute Gasteiger partial charge is 0.274 e. The molecule has 6 nitrogen and oxygen atoms in total. The maximum Gasteiger partial charge on any atom is 0.274 e. The highest BCUT2D eigenvalue weighted by Gasteiger charge is 2.14. The van der Waals surface area contributed by atoms with Crippen LogP contribution >= 0.6 is 0 Å². The number of para-hydroxylation sites is 1. The topological polar surface area (TPSA) is 79.8 Å². The number of rotatable bonds is 6. The summed E-state index contributed by atoms with van der Waals surface area (Å²) in [7, 11) is 0. The zero-order valence-corrected chi connectivity index (χ0v) is 16.5. The van der Waals surface area contributed by atoms with Crippen LogP contribution in [0.25, 0.3) is 11.4 Å². The van der Waals surface area contributed by atoms with Gasteiger partial charge in [0, 0.05) is 36.3 Å². The van der Waals surface area contributed by atoms with Crippen LogP contribution in [0.3, 0.4) is 0 Å². The minimum absolute atomic E-state index is 0.284. The number of nitrogens with zero attached hydrogens (tertiary/aromatic N) is 3. The van der Waals surface area contributed by atoms with Gasteiger partial charge in [0.2, 0.25) is 0 Å². The Kier molecular flexibility index (Phi) is 5.75. The second-order valence-electron chi connectivity index (χ2n) is 6.81. The zero-order valence-electron chi connectivity index (χ0n) is 16.5. The fraction of sp³-hybridized carbons (Fsp3) is 0.0833. The number of carbonyl (C=O) groups is 1. The minimum atomic E-state index is -0.284. The van der Waals surface area contributed by atoms with Gasteiger partial charge in [-0.05, 0) is 30.2 Å². The van der Waals surface area contributed by atoms with Gasteiger partial charge in [0.25, 0.3) is 5.91 Å². The molecule has 0 saturated carbocycles. The van der Waals surface area contributed by atoms with E-state index in [1.807, 2.05) is 73.7 Å². The average molecular weight is 395 g/mol. The van der Waals surface area contributed by atoms with E-state index in [0.717, 1.165) is 22.4 Å². The lowest BCUT2D eigenvalue weighted by Gasteiger charge is -2.11. The van der Waals surface area contributed by atoms with Crippen molar-refractivity contribution in [1.29, 1.82) is 0 Å². The lowest BCUT2D eigenvalue weighted by atomic mass is 10.2. The van der Waals surface area contributed by atoms with Crippen molar-refractivity contribution in [1.82, 2.24) is 15.0 Å². The zero-order chi connectivity index (χ0) is 20.8. The highest BCUT2D eigenvalue weighted by atomic mass is 16.1. The fourth-order valence-corrected chi connectivity index (χ4v) is 2.97. The molecule has 0 atom stereocenters. The summed E-state index contributed by atoms with van der Waals surface area (Å²) in [6, 6.07) is 22.8. The molecule has 4 rings (SSSR count). The van der Waals surface area contributed by atoms with Crippen molar-refractivity contribution in [2.24, 2.45) is 0 Å². The van der Waals surface area contributed by atoms with E-state index in [1.54, 1.807) is 18.5 Å². The van der Waals surface area contributed by atoms with Gasteiger partial charge < -0.3 is 10.6 Å². The number of hydrogen-bond acceptors (Lipinski definition) is 5. The van der Waals surface area contributed by atoms with Crippen molar-refractivity contribution in [3.8, 4) is 11.4 Å². The Morgan fingerprint density at radius 2 is 1.73 bits per heavy atom. The predicted octanol–water partition coefficient (Wildman–Crippen LogP) is 4.71. The summed E-state index contributed by atoms with van der Waals surface area (Å²) in [5, 5.41) is 6.21. The molecule has 2 aromatic heterocycles. The summed E-state index contributed by atoms with van der Waals surface area (Å²) in [4.78, 5) is 26.2. The first kappa shape index (κ1) is 19.3. The second kappa shape index (κ2) is 8.96. The summed E-state index contributed by atoms with van der Waals surface area (Å²) in [6.07, 6.45) is 3.52. The number of anilines is 2. The lowest BCUT2D eigenvalue weighted by Crippen LogP contribution is -2.16. The van der Waals surface area contributed by atoms with E-state index in [1.165, 1.54) is 0 Å². The molecule has 2 aromatic carbocycles. The molecule has 0 fully saturated rings. The summed E-state index contributed by atoms with van der Waals surface area (Å²) >= 11 is 0. The predicted molar refractivity (Wildman–Crippen MR) is 118 cm³/mol. The van der Waals surface area contributed by atoms with Crippen molar-refractivity contribution >= 4 is 17.4 Å². The molecule has 0 radical (unpaired) electrons. The number of aromatic nitrogens is 3. The molecule has 0 unspecified atom stereocenters. The van der Waals surface area contributed by atoms with Gasteiger partial charge in [0.1, 0.15) is 11.5 Å². The molecule has 0 aliphatic heterocycles. The fourth-order valence-electron chi connectivity index (χ4n) is 2.97. The molecule has 0 saturated heterocycles. The number of pyridine rings is 1. The molecule has 6 heteroatoms. The van der Waals surface area contributed by atoms with Crippen LogP contribution in [0.1, 0.15) is 21.6 Å². The van der Waals surface area contributed by atoms with E-state index >= 15 is 0 Å². The standard InChI is InChI=1S/C24H21N5O/c1-17-8-5-6-12-20(17)28-24(30)21-14-22(26-16-18-9-7-13-25-15-18)29-23(27-21)19-10-3-2-4-11-19/h2-15H,16H2,1H3,(H,28,30)(H,26,27,29). The maximum absolute atomic E-state index is 12.9. The molecule has 4 aromatic rings. The third-order valence-corrected chi connectivity index (χ3v) is 4.58. The summed E-state index contributed by atoms with van der Waals surface area (Å²) < 4.78 is 0. The molecule has 30 heavy (non-hydrogen) atoms. The number of benzene rings is 2. The van der Waals surface area contributed by atoms with E-state index in [9.17, 15) is 4.79 Å². The maximum atomic E-state index is 12.9. The van der Waals surface area contributed by atoms with Gasteiger partial charge in [-0.25, -0.2) is 9.97 Å². The van der Waals surface area contributed by atoms with Crippen LogP contribution < -0.4 is 10.6 Å². The largest absolute Gasteiger partial charge is 0.366 e. The van der Waals surface area contributed by atoms with E-state index in [-0.39, 0.29) is 5.91 Å². The number of hydrogen-bond donors (Lipinski definition) is 2. The van der Waals surface area contributed by atoms with Gasteiger partial charge in [-0.2, -0.15) is 0 Å². The van der Waals surface area contributed by atoms with Gasteiger partial charge in [-0.1, -0.05) is 54.6 Å². The molecule has 1 amide bonds. The first-order valence-electron chi connectivity index (χ1n) is 9.63. The summed E-state index contributed by atoms with van der Waals surface area (Å²) in [5.74, 6) is 0.776. The van der Waals surface area contributed by atoms with Gasteiger partial charge in [-0.15, -0.1) is 0 Å². The normalized spacial score (nSPS) is 10.4. The highest BCUT2D eigenvalue weighted by Crippen LogP contribution is 2.20. The van der Waals surface area contributed by atoms with Crippen molar-refractivity contribution in [3.05, 3.63) is 102 Å². The molecular weight excluding hydrogens is 374 g/mol. The van der Waals surface area contributed by atoms with Crippen LogP contribution in [0, 0.1) is 6.92 Å². The van der Waals surface area contributed by atoms with E-state index in [4.69, 9.17) is 0 Å². The number of aryl methyl sites for hydroxylation is 1. The van der Waals surface area contributed by atoms with E-state index < -0.39 is 0 Å². The van der Waals surface area contributed by atoms with Gasteiger partial charge >= 0.3 is 0 Å². The Morgan fingerprint density at radius 3 is 2.50 bits per heavy atom. The Bertz CT molecular complexity index is 1150. The first-order chi connectivity index (χ1) is 14.7. The number of carbonyl (C=O) groups excluding carboxylic acids is 1. The third kappa shape index (κ3) is 4.67. The Balaban J connectivity index is 1.64. The van der Waals surface area contributed by atoms with Crippen LogP contribution in [0.15, 0.2) is 85.2 Å². The van der Waals surface area contributed by atoms with Gasteiger partial charge in [0.05, 0.1) is 0 Å². The molecule has 0 aliphatic rings. The van der Waals surface area contributed by atoms with Crippen LogP contribution in [0.5, 0.6) is 0 Å². The van der Waals surface area contributed by atoms with Crippen LogP contribution in [0.4, 0.5) is 11.5 Å². The average Bonchev–Trinajstić information content (AvgIpc) is 2.80. The van der Waals surface area contributed by atoms with Crippen molar-refractivity contribution in [2.45, 2.75) is 13.5 Å². The van der Waals surface area contributed by atoms with Crippen molar-refractivity contribution in [3.63, 3.8) is 0 Å². The Labute approximate surface area is 175 Å². The lowest BCUT2D eigenvalue weighted by molar-refractivity contribution is 0.102. The quantitative estimate of drug-likeness (QED) is 0.494. The monoisotopic (exact) mass is 395 g/mol. The second-order valence-corrected chi connectivity index (χ2v) is 6.81. The molecule has 2 N–H and O–H groups in total. The molecule has 0 aliphatic carbocycles. The van der Waals surface area contributed by atoms with Crippen LogP contribution in [0.2, 0.25) is 0 Å². The molecule has 0 spiro atoms. The van der Waals surface area contributed by atoms with Crippen LogP contribution in [-0.2, 0) is 6.54 Å². The highest BCUT2D eigenvalue weighted by molar-refractivity contribution is 6.03. The van der Waals surface area contributed by atoms with E-state index in [0.29, 0.717) is 23.9 Å². The molecule has 0 bridgehead atoms. The van der Waals surface area contributed by atoms with Crippen molar-refractivity contribution < 1.29 is 4.79 Å². The first-order valence-corrected chi connectivity index (χ1v) is 9.63. The Hall–Kier alpha value is -4.06. The molecule has 148 valence electrons. The van der Waals surface area contributed by atoms with Gasteiger partial charge in [-0.3, -0.25) is 9.78 Å². The summed E-state index contributed by atoms with van der Waals surface area (Å²) in [6.45, 7) is 2.49. The Morgan fingerprint density at radius 1 is 0.933 bits per heavy atom. The third-order valence-electron chi connectivity index (χ3n) is 4.58. The number of amides is 1. The van der Waals surface area contributed by atoms with Gasteiger partial charge in [0.15, 0.2) is 5.82 Å². The number of nitrogens with one attached hydrogen (secondary N) is 2. The van der Waals surface area contributed by atoms with Crippen LogP contribution in [-0.4, -0.2) is 20.9 Å². The summed E-state index contributed by atoms with van der Waals surface area (Å²) in [5.41, 5.74) is 3.89. The SMILES string of the molecule is Cc1ccccc1NC(=O)c1cc(NCc2cccnc2)nc(-c2ccccc2)n1. The van der Waals surface area contributed by atoms with Crippen molar-refractivity contribution in [2.75, 3.05) is 10.6 Å². The van der Waals surface area contributed by atoms with E-state index in [2.05, 4.69) is 25.6 Å².